The van der Waals surface area contributed by atoms with E-state index in [2.05, 4.69) is 26.6 Å². The number of nitro groups is 1. The lowest BCUT2D eigenvalue weighted by molar-refractivity contribution is -0.385. The van der Waals surface area contributed by atoms with E-state index in [1.165, 1.54) is 30.1 Å². The van der Waals surface area contributed by atoms with Crippen LogP contribution in [0.5, 0.6) is 0 Å². The molecule has 0 bridgehead atoms. The Labute approximate surface area is 164 Å². The van der Waals surface area contributed by atoms with E-state index >= 15 is 0 Å². The fraction of sp³-hybridized carbons (Fsp3) is 0.222. The smallest absolute Gasteiger partial charge is 0.322 e. The van der Waals surface area contributed by atoms with Gasteiger partial charge in [0.2, 0.25) is 5.91 Å². The van der Waals surface area contributed by atoms with Gasteiger partial charge in [-0.3, -0.25) is 14.9 Å². The zero-order chi connectivity index (χ0) is 20.1. The Kier molecular flexibility index (Phi) is 6.51. The summed E-state index contributed by atoms with van der Waals surface area (Å²) in [4.78, 5) is 36.0. The molecule has 142 valence electrons. The summed E-state index contributed by atoms with van der Waals surface area (Å²) in [6.45, 7) is 3.31. The molecule has 9 heteroatoms. The highest BCUT2D eigenvalue weighted by Gasteiger charge is 2.16. The predicted molar refractivity (Wildman–Crippen MR) is 107 cm³/mol. The number of amides is 3. The number of nitrogens with one attached hydrogen (secondary N) is 2. The first-order valence-corrected chi connectivity index (χ1v) is 8.80. The van der Waals surface area contributed by atoms with Gasteiger partial charge in [0.25, 0.3) is 5.69 Å². The first kappa shape index (κ1) is 20.4. The van der Waals surface area contributed by atoms with Gasteiger partial charge < -0.3 is 15.5 Å². The van der Waals surface area contributed by atoms with Crippen molar-refractivity contribution >= 4 is 44.9 Å². The molecule has 2 N–H and O–H groups in total. The van der Waals surface area contributed by atoms with Gasteiger partial charge in [-0.15, -0.1) is 0 Å². The number of carbonyl (C=O) groups excluding carboxylic acids is 2. The highest BCUT2D eigenvalue weighted by Crippen LogP contribution is 2.22. The molecule has 0 radical (unpaired) electrons. The van der Waals surface area contributed by atoms with Crippen LogP contribution in [-0.4, -0.2) is 35.4 Å². The van der Waals surface area contributed by atoms with Crippen molar-refractivity contribution in [1.82, 2.24) is 4.90 Å². The van der Waals surface area contributed by atoms with Crippen LogP contribution in [0.1, 0.15) is 11.1 Å². The van der Waals surface area contributed by atoms with Crippen LogP contribution < -0.4 is 10.6 Å². The van der Waals surface area contributed by atoms with Crippen LogP contribution in [0.25, 0.3) is 0 Å². The lowest BCUT2D eigenvalue weighted by atomic mass is 10.2. The van der Waals surface area contributed by atoms with Crippen LogP contribution in [-0.2, 0) is 4.79 Å². The van der Waals surface area contributed by atoms with Crippen LogP contribution in [0.2, 0.25) is 0 Å². The maximum absolute atomic E-state index is 12.2. The Morgan fingerprint density at radius 2 is 1.81 bits per heavy atom. The number of likely N-dealkylation sites (N-methyl/N-ethyl adjacent to an activating group) is 1. The topological polar surface area (TPSA) is 105 Å². The summed E-state index contributed by atoms with van der Waals surface area (Å²) in [5.41, 5.74) is 2.39. The molecule has 0 unspecified atom stereocenters. The fourth-order valence-electron chi connectivity index (χ4n) is 2.40. The van der Waals surface area contributed by atoms with E-state index in [9.17, 15) is 19.7 Å². The first-order chi connectivity index (χ1) is 12.7. The van der Waals surface area contributed by atoms with Crippen molar-refractivity contribution in [3.05, 3.63) is 62.1 Å². The van der Waals surface area contributed by atoms with Crippen molar-refractivity contribution in [3.8, 4) is 0 Å². The van der Waals surface area contributed by atoms with Crippen LogP contribution in [0.3, 0.4) is 0 Å². The number of halogens is 1. The molecule has 2 rings (SSSR count). The second-order valence-corrected chi connectivity index (χ2v) is 6.97. The van der Waals surface area contributed by atoms with Gasteiger partial charge in [-0.2, -0.15) is 0 Å². The SMILES string of the molecule is Cc1cc(Br)ccc1NC(=O)CN(C)C(=O)Nc1ccc([N+](=O)[O-])c(C)c1. The van der Waals surface area contributed by atoms with Gasteiger partial charge >= 0.3 is 6.03 Å². The summed E-state index contributed by atoms with van der Waals surface area (Å²) in [7, 11) is 1.49. The van der Waals surface area contributed by atoms with Crippen LogP contribution in [0, 0.1) is 24.0 Å². The number of anilines is 2. The maximum Gasteiger partial charge on any atom is 0.322 e. The van der Waals surface area contributed by atoms with Crippen LogP contribution in [0.15, 0.2) is 40.9 Å². The van der Waals surface area contributed by atoms with Crippen molar-refractivity contribution in [3.63, 3.8) is 0 Å². The van der Waals surface area contributed by atoms with Gasteiger partial charge in [0, 0.05) is 34.5 Å². The lowest BCUT2D eigenvalue weighted by Crippen LogP contribution is -2.37. The highest BCUT2D eigenvalue weighted by atomic mass is 79.9. The molecule has 0 saturated carbocycles. The molecule has 0 aromatic heterocycles. The molecule has 3 amide bonds. The average Bonchev–Trinajstić information content (AvgIpc) is 2.57. The maximum atomic E-state index is 12.2. The van der Waals surface area contributed by atoms with E-state index in [0.29, 0.717) is 16.9 Å². The number of carbonyl (C=O) groups is 2. The molecule has 27 heavy (non-hydrogen) atoms. The second-order valence-electron chi connectivity index (χ2n) is 6.05. The number of nitro benzene ring substituents is 1. The van der Waals surface area contributed by atoms with E-state index in [1.807, 2.05) is 19.1 Å². The molecule has 0 heterocycles. The van der Waals surface area contributed by atoms with E-state index in [0.717, 1.165) is 10.0 Å². The first-order valence-electron chi connectivity index (χ1n) is 8.00. The molecule has 0 spiro atoms. The summed E-state index contributed by atoms with van der Waals surface area (Å²) >= 11 is 3.36. The highest BCUT2D eigenvalue weighted by molar-refractivity contribution is 9.10. The van der Waals surface area contributed by atoms with Crippen molar-refractivity contribution in [1.29, 1.82) is 0 Å². The summed E-state index contributed by atoms with van der Waals surface area (Å²) in [6, 6.07) is 9.26. The molecule has 0 aliphatic heterocycles. The Hall–Kier alpha value is -2.94. The quantitative estimate of drug-likeness (QED) is 0.546. The zero-order valence-corrected chi connectivity index (χ0v) is 16.7. The Bertz CT molecular complexity index is 901. The van der Waals surface area contributed by atoms with Gasteiger partial charge in [0.1, 0.15) is 6.54 Å². The average molecular weight is 435 g/mol. The number of rotatable bonds is 5. The lowest BCUT2D eigenvalue weighted by Gasteiger charge is -2.18. The van der Waals surface area contributed by atoms with Gasteiger partial charge in [-0.05, 0) is 49.7 Å². The molecule has 0 saturated heterocycles. The number of hydrogen-bond donors (Lipinski definition) is 2. The minimum absolute atomic E-state index is 0.0226. The molecule has 0 fully saturated rings. The van der Waals surface area contributed by atoms with Crippen molar-refractivity contribution in [2.45, 2.75) is 13.8 Å². The Balaban J connectivity index is 1.95. The third-order valence-corrected chi connectivity index (χ3v) is 4.33. The molecular formula is C18H19BrN4O4. The number of nitrogens with zero attached hydrogens (tertiary/aromatic N) is 2. The molecule has 0 aliphatic rings. The van der Waals surface area contributed by atoms with Gasteiger partial charge in [-0.25, -0.2) is 4.79 Å². The molecule has 2 aromatic carbocycles. The Morgan fingerprint density at radius 1 is 1.11 bits per heavy atom. The summed E-state index contributed by atoms with van der Waals surface area (Å²) in [5.74, 6) is -0.335. The van der Waals surface area contributed by atoms with Gasteiger partial charge in [0.15, 0.2) is 0 Å². The van der Waals surface area contributed by atoms with E-state index < -0.39 is 11.0 Å². The van der Waals surface area contributed by atoms with Gasteiger partial charge in [0.05, 0.1) is 4.92 Å². The minimum Gasteiger partial charge on any atom is -0.324 e. The minimum atomic E-state index is -0.495. The number of urea groups is 1. The predicted octanol–water partition coefficient (Wildman–Crippen LogP) is 4.08. The van der Waals surface area contributed by atoms with E-state index in [-0.39, 0.29) is 18.1 Å². The van der Waals surface area contributed by atoms with Crippen molar-refractivity contribution in [2.75, 3.05) is 24.2 Å². The summed E-state index contributed by atoms with van der Waals surface area (Å²) in [5, 5.41) is 16.2. The Morgan fingerprint density at radius 3 is 2.41 bits per heavy atom. The third-order valence-electron chi connectivity index (χ3n) is 3.83. The monoisotopic (exact) mass is 434 g/mol. The molecule has 0 aliphatic carbocycles. The second kappa shape index (κ2) is 8.63. The largest absolute Gasteiger partial charge is 0.324 e. The molecule has 8 nitrogen and oxygen atoms in total. The normalized spacial score (nSPS) is 10.2. The number of benzene rings is 2. The van der Waals surface area contributed by atoms with E-state index in [4.69, 9.17) is 0 Å². The summed E-state index contributed by atoms with van der Waals surface area (Å²) < 4.78 is 0.910. The fourth-order valence-corrected chi connectivity index (χ4v) is 2.88. The van der Waals surface area contributed by atoms with Gasteiger partial charge in [-0.1, -0.05) is 15.9 Å². The molecule has 2 aromatic rings. The standard InChI is InChI=1S/C18H19BrN4O4/c1-11-8-13(19)4-6-15(11)21-17(24)10-22(3)18(25)20-14-5-7-16(23(26)27)12(2)9-14/h4-9H,10H2,1-3H3,(H,20,25)(H,21,24). The number of aryl methyl sites for hydroxylation is 2. The number of hydrogen-bond acceptors (Lipinski definition) is 4. The molecule has 0 atom stereocenters. The van der Waals surface area contributed by atoms with Crippen molar-refractivity contribution < 1.29 is 14.5 Å². The summed E-state index contributed by atoms with van der Waals surface area (Å²) in [6.07, 6.45) is 0. The van der Waals surface area contributed by atoms with Crippen LogP contribution >= 0.6 is 15.9 Å². The van der Waals surface area contributed by atoms with E-state index in [1.54, 1.807) is 13.0 Å². The third kappa shape index (κ3) is 5.52. The zero-order valence-electron chi connectivity index (χ0n) is 15.1. The van der Waals surface area contributed by atoms with Crippen molar-refractivity contribution in [2.24, 2.45) is 0 Å². The van der Waals surface area contributed by atoms with Crippen LogP contribution in [0.4, 0.5) is 21.9 Å². The molecular weight excluding hydrogens is 416 g/mol.